The molecule has 0 unspecified atom stereocenters. The number of ether oxygens (including phenoxy) is 2. The molecule has 0 fully saturated rings. The van der Waals surface area contributed by atoms with Gasteiger partial charge in [-0.05, 0) is 17.7 Å². The normalized spacial score (nSPS) is 10.4. The molecule has 0 saturated carbocycles. The summed E-state index contributed by atoms with van der Waals surface area (Å²) in [7, 11) is 1.60. The van der Waals surface area contributed by atoms with Gasteiger partial charge in [0.1, 0.15) is 10.8 Å². The van der Waals surface area contributed by atoms with E-state index in [-0.39, 0.29) is 10.6 Å². The minimum Gasteiger partial charge on any atom is -0.389 e. The zero-order valence-electron chi connectivity index (χ0n) is 9.03. The molecule has 1 aromatic rings. The minimum atomic E-state index is -0.409. The van der Waals surface area contributed by atoms with Crippen LogP contribution in [-0.2, 0) is 16.1 Å². The van der Waals surface area contributed by atoms with Gasteiger partial charge in [0.05, 0.1) is 19.8 Å². The number of hydrogen-bond acceptors (Lipinski definition) is 3. The second-order valence-corrected chi connectivity index (χ2v) is 3.66. The average Bonchev–Trinajstić information content (AvgIpc) is 2.26. The van der Waals surface area contributed by atoms with Crippen molar-refractivity contribution in [1.82, 2.24) is 0 Å². The third kappa shape index (κ3) is 3.84. The first-order valence-electron chi connectivity index (χ1n) is 4.80. The molecule has 16 heavy (non-hydrogen) atoms. The van der Waals surface area contributed by atoms with E-state index >= 15 is 0 Å². The second kappa shape index (κ2) is 6.52. The molecule has 0 aliphatic heterocycles. The summed E-state index contributed by atoms with van der Waals surface area (Å²) in [6.07, 6.45) is 0. The fourth-order valence-electron chi connectivity index (χ4n) is 1.18. The van der Waals surface area contributed by atoms with Gasteiger partial charge in [-0.3, -0.25) is 0 Å². The standard InChI is InChI=1S/C11H14FNO2S/c1-14-4-5-15-7-8-2-3-10(12)9(6-8)11(13)16/h2-3,6H,4-5,7H2,1H3,(H2,13,16). The van der Waals surface area contributed by atoms with Crippen LogP contribution in [-0.4, -0.2) is 25.3 Å². The molecule has 0 aliphatic rings. The Morgan fingerprint density at radius 1 is 1.44 bits per heavy atom. The van der Waals surface area contributed by atoms with Crippen LogP contribution >= 0.6 is 12.2 Å². The summed E-state index contributed by atoms with van der Waals surface area (Å²) in [6.45, 7) is 1.42. The van der Waals surface area contributed by atoms with Crippen molar-refractivity contribution in [2.24, 2.45) is 5.73 Å². The smallest absolute Gasteiger partial charge is 0.133 e. The molecule has 1 rings (SSSR count). The molecule has 0 aliphatic carbocycles. The largest absolute Gasteiger partial charge is 0.389 e. The first-order valence-corrected chi connectivity index (χ1v) is 5.21. The molecule has 0 heterocycles. The molecule has 2 N–H and O–H groups in total. The topological polar surface area (TPSA) is 44.5 Å². The van der Waals surface area contributed by atoms with Gasteiger partial charge >= 0.3 is 0 Å². The molecule has 0 amide bonds. The van der Waals surface area contributed by atoms with E-state index in [4.69, 9.17) is 27.4 Å². The highest BCUT2D eigenvalue weighted by molar-refractivity contribution is 7.80. The van der Waals surface area contributed by atoms with Gasteiger partial charge in [0, 0.05) is 12.7 Å². The van der Waals surface area contributed by atoms with Crippen LogP contribution in [0.3, 0.4) is 0 Å². The number of methoxy groups -OCH3 is 1. The van der Waals surface area contributed by atoms with Crippen LogP contribution in [0.1, 0.15) is 11.1 Å². The fraction of sp³-hybridized carbons (Fsp3) is 0.364. The zero-order valence-corrected chi connectivity index (χ0v) is 9.85. The molecule has 0 aromatic heterocycles. The maximum atomic E-state index is 13.2. The highest BCUT2D eigenvalue weighted by Crippen LogP contribution is 2.11. The third-order valence-corrected chi connectivity index (χ3v) is 2.22. The summed E-state index contributed by atoms with van der Waals surface area (Å²) in [5.41, 5.74) is 6.48. The van der Waals surface area contributed by atoms with Crippen LogP contribution in [0.25, 0.3) is 0 Å². The van der Waals surface area contributed by atoms with Crippen LogP contribution < -0.4 is 5.73 Å². The predicted octanol–water partition coefficient (Wildman–Crippen LogP) is 1.62. The average molecular weight is 243 g/mol. The van der Waals surface area contributed by atoms with Crippen molar-refractivity contribution in [3.05, 3.63) is 35.1 Å². The second-order valence-electron chi connectivity index (χ2n) is 3.22. The number of halogens is 1. The number of thiocarbonyl (C=S) groups is 1. The third-order valence-electron chi connectivity index (χ3n) is 2.00. The van der Waals surface area contributed by atoms with Crippen molar-refractivity contribution < 1.29 is 13.9 Å². The van der Waals surface area contributed by atoms with Gasteiger partial charge in [-0.2, -0.15) is 0 Å². The molecule has 0 atom stereocenters. The highest BCUT2D eigenvalue weighted by Gasteiger charge is 2.05. The lowest BCUT2D eigenvalue weighted by molar-refractivity contribution is 0.0616. The lowest BCUT2D eigenvalue weighted by Crippen LogP contribution is -2.12. The van der Waals surface area contributed by atoms with Gasteiger partial charge in [-0.25, -0.2) is 4.39 Å². The van der Waals surface area contributed by atoms with Crippen molar-refractivity contribution >= 4 is 17.2 Å². The van der Waals surface area contributed by atoms with Gasteiger partial charge in [-0.15, -0.1) is 0 Å². The molecule has 0 saturated heterocycles. The summed E-state index contributed by atoms with van der Waals surface area (Å²) in [5.74, 6) is -0.409. The Morgan fingerprint density at radius 3 is 2.81 bits per heavy atom. The maximum Gasteiger partial charge on any atom is 0.133 e. The maximum absolute atomic E-state index is 13.2. The molecule has 0 bridgehead atoms. The Bertz CT molecular complexity index is 371. The van der Waals surface area contributed by atoms with E-state index in [1.54, 1.807) is 19.2 Å². The lowest BCUT2D eigenvalue weighted by atomic mass is 10.1. The Hall–Kier alpha value is -1.04. The molecule has 88 valence electrons. The molecule has 3 nitrogen and oxygen atoms in total. The van der Waals surface area contributed by atoms with Crippen LogP contribution in [0, 0.1) is 5.82 Å². The lowest BCUT2D eigenvalue weighted by Gasteiger charge is -2.06. The van der Waals surface area contributed by atoms with Crippen LogP contribution in [0.15, 0.2) is 18.2 Å². The van der Waals surface area contributed by atoms with Crippen LogP contribution in [0.5, 0.6) is 0 Å². The SMILES string of the molecule is COCCOCc1ccc(F)c(C(N)=S)c1. The van der Waals surface area contributed by atoms with Crippen molar-refractivity contribution in [2.45, 2.75) is 6.61 Å². The minimum absolute atomic E-state index is 0.0521. The highest BCUT2D eigenvalue weighted by atomic mass is 32.1. The van der Waals surface area contributed by atoms with E-state index in [0.717, 1.165) is 5.56 Å². The van der Waals surface area contributed by atoms with Crippen molar-refractivity contribution in [2.75, 3.05) is 20.3 Å². The summed E-state index contributed by atoms with van der Waals surface area (Å²) in [5, 5.41) is 0. The Morgan fingerprint density at radius 2 is 2.19 bits per heavy atom. The Kier molecular flexibility index (Phi) is 5.31. The van der Waals surface area contributed by atoms with Gasteiger partial charge in [-0.1, -0.05) is 18.3 Å². The van der Waals surface area contributed by atoms with E-state index in [2.05, 4.69) is 0 Å². The molecular formula is C11H14FNO2S. The van der Waals surface area contributed by atoms with Crippen LogP contribution in [0.2, 0.25) is 0 Å². The van der Waals surface area contributed by atoms with Crippen molar-refractivity contribution in [1.29, 1.82) is 0 Å². The van der Waals surface area contributed by atoms with E-state index in [9.17, 15) is 4.39 Å². The molecule has 1 aromatic carbocycles. The first kappa shape index (κ1) is 13.0. The number of rotatable bonds is 6. The van der Waals surface area contributed by atoms with E-state index < -0.39 is 5.82 Å². The summed E-state index contributed by atoms with van der Waals surface area (Å²) < 4.78 is 23.4. The molecular weight excluding hydrogens is 229 g/mol. The summed E-state index contributed by atoms with van der Waals surface area (Å²) in [4.78, 5) is 0.0521. The number of hydrogen-bond donors (Lipinski definition) is 1. The van der Waals surface area contributed by atoms with Gasteiger partial charge < -0.3 is 15.2 Å². The van der Waals surface area contributed by atoms with Crippen molar-refractivity contribution in [3.8, 4) is 0 Å². The van der Waals surface area contributed by atoms with Gasteiger partial charge in [0.25, 0.3) is 0 Å². The van der Waals surface area contributed by atoms with E-state index in [0.29, 0.717) is 19.8 Å². The van der Waals surface area contributed by atoms with Gasteiger partial charge in [0.15, 0.2) is 0 Å². The number of nitrogens with two attached hydrogens (primary N) is 1. The first-order chi connectivity index (χ1) is 7.65. The predicted molar refractivity (Wildman–Crippen MR) is 63.8 cm³/mol. The Balaban J connectivity index is 2.61. The van der Waals surface area contributed by atoms with E-state index in [1.807, 2.05) is 0 Å². The van der Waals surface area contributed by atoms with Crippen LogP contribution in [0.4, 0.5) is 4.39 Å². The monoisotopic (exact) mass is 243 g/mol. The molecule has 5 heteroatoms. The molecule has 0 radical (unpaired) electrons. The van der Waals surface area contributed by atoms with Crippen molar-refractivity contribution in [3.63, 3.8) is 0 Å². The van der Waals surface area contributed by atoms with E-state index in [1.165, 1.54) is 6.07 Å². The fourth-order valence-corrected chi connectivity index (χ4v) is 1.34. The Labute approximate surface area is 99.3 Å². The number of benzene rings is 1. The summed E-state index contributed by atoms with van der Waals surface area (Å²) in [6, 6.07) is 4.58. The molecule has 0 spiro atoms. The zero-order chi connectivity index (χ0) is 12.0. The quantitative estimate of drug-likeness (QED) is 0.609. The summed E-state index contributed by atoms with van der Waals surface area (Å²) >= 11 is 4.74. The van der Waals surface area contributed by atoms with Gasteiger partial charge in [0.2, 0.25) is 0 Å².